The molecule has 0 aliphatic heterocycles. The van der Waals surface area contributed by atoms with E-state index in [1.54, 1.807) is 11.3 Å². The van der Waals surface area contributed by atoms with Crippen LogP contribution in [0.2, 0.25) is 4.34 Å². The maximum atomic E-state index is 6.17. The van der Waals surface area contributed by atoms with Crippen LogP contribution in [-0.2, 0) is 6.42 Å². The Bertz CT molecular complexity index is 409. The van der Waals surface area contributed by atoms with Gasteiger partial charge in [-0.3, -0.25) is 0 Å². The number of halogens is 1. The summed E-state index contributed by atoms with van der Waals surface area (Å²) in [6.45, 7) is 2.37. The molecule has 18 heavy (non-hydrogen) atoms. The summed E-state index contributed by atoms with van der Waals surface area (Å²) in [5.41, 5.74) is 1.49. The zero-order chi connectivity index (χ0) is 12.5. The molecular weight excluding hydrogens is 262 g/mol. The number of thiophene rings is 1. The molecular formula is C15H22ClNS. The molecule has 1 fully saturated rings. The Hall–Kier alpha value is -0.0500. The van der Waals surface area contributed by atoms with Gasteiger partial charge in [0.1, 0.15) is 0 Å². The first-order valence-electron chi connectivity index (χ1n) is 7.28. The summed E-state index contributed by atoms with van der Waals surface area (Å²) in [7, 11) is 0. The Morgan fingerprint density at radius 3 is 2.83 bits per heavy atom. The second-order valence-corrected chi connectivity index (χ2v) is 7.64. The zero-order valence-corrected chi connectivity index (χ0v) is 12.6. The van der Waals surface area contributed by atoms with Crippen molar-refractivity contribution in [1.29, 1.82) is 0 Å². The van der Waals surface area contributed by atoms with Crippen molar-refractivity contribution in [1.82, 2.24) is 5.32 Å². The van der Waals surface area contributed by atoms with Crippen molar-refractivity contribution < 1.29 is 0 Å². The Morgan fingerprint density at radius 2 is 2.06 bits per heavy atom. The molecule has 100 valence electrons. The summed E-state index contributed by atoms with van der Waals surface area (Å²) in [4.78, 5) is 1.52. The first-order valence-corrected chi connectivity index (χ1v) is 8.47. The largest absolute Gasteiger partial charge is 0.307 e. The molecule has 1 nitrogen and oxygen atoms in total. The summed E-state index contributed by atoms with van der Waals surface area (Å²) in [6, 6.07) is 3.40. The monoisotopic (exact) mass is 283 g/mol. The molecule has 3 rings (SSSR count). The Morgan fingerprint density at radius 1 is 1.28 bits per heavy atom. The maximum absolute atomic E-state index is 6.17. The number of aryl methyl sites for hydroxylation is 1. The van der Waals surface area contributed by atoms with Crippen molar-refractivity contribution in [3.05, 3.63) is 20.8 Å². The third kappa shape index (κ3) is 2.61. The third-order valence-corrected chi connectivity index (χ3v) is 5.99. The highest BCUT2D eigenvalue weighted by Gasteiger charge is 2.27. The van der Waals surface area contributed by atoms with Gasteiger partial charge in [-0.1, -0.05) is 24.4 Å². The summed E-state index contributed by atoms with van der Waals surface area (Å²) in [5, 5.41) is 3.88. The van der Waals surface area contributed by atoms with Gasteiger partial charge in [-0.25, -0.2) is 0 Å². The van der Waals surface area contributed by atoms with Gasteiger partial charge in [0.25, 0.3) is 0 Å². The lowest BCUT2D eigenvalue weighted by molar-refractivity contribution is 0.325. The minimum absolute atomic E-state index is 0.549. The predicted octanol–water partition coefficient (Wildman–Crippen LogP) is 4.95. The first-order chi connectivity index (χ1) is 8.74. The number of hydrogen-bond donors (Lipinski definition) is 1. The van der Waals surface area contributed by atoms with Gasteiger partial charge >= 0.3 is 0 Å². The SMILES string of the molecule is CC(NC1CCCc2sc(Cl)cc21)C1CCCC1. The minimum Gasteiger partial charge on any atom is -0.307 e. The fourth-order valence-electron chi connectivity index (χ4n) is 3.61. The van der Waals surface area contributed by atoms with Crippen LogP contribution in [-0.4, -0.2) is 6.04 Å². The average Bonchev–Trinajstić information content (AvgIpc) is 2.96. The number of nitrogens with one attached hydrogen (secondary N) is 1. The molecule has 0 spiro atoms. The van der Waals surface area contributed by atoms with Crippen molar-refractivity contribution in [3.8, 4) is 0 Å². The van der Waals surface area contributed by atoms with Crippen molar-refractivity contribution >= 4 is 22.9 Å². The van der Waals surface area contributed by atoms with Crippen molar-refractivity contribution in [2.24, 2.45) is 5.92 Å². The quantitative estimate of drug-likeness (QED) is 0.828. The highest BCUT2D eigenvalue weighted by molar-refractivity contribution is 7.16. The molecule has 0 amide bonds. The van der Waals surface area contributed by atoms with Crippen LogP contribution in [0.5, 0.6) is 0 Å². The number of rotatable bonds is 3. The molecule has 1 heterocycles. The highest BCUT2D eigenvalue weighted by atomic mass is 35.5. The summed E-state index contributed by atoms with van der Waals surface area (Å²) in [6.07, 6.45) is 9.49. The molecule has 0 radical (unpaired) electrons. The minimum atomic E-state index is 0.549. The molecule has 0 aromatic carbocycles. The van der Waals surface area contributed by atoms with Crippen molar-refractivity contribution in [2.75, 3.05) is 0 Å². The molecule has 2 aliphatic rings. The van der Waals surface area contributed by atoms with Crippen LogP contribution < -0.4 is 5.32 Å². The van der Waals surface area contributed by atoms with Gasteiger partial charge in [-0.05, 0) is 56.6 Å². The van der Waals surface area contributed by atoms with Gasteiger partial charge in [0, 0.05) is 17.0 Å². The molecule has 0 bridgehead atoms. The fourth-order valence-corrected chi connectivity index (χ4v) is 4.99. The summed E-state index contributed by atoms with van der Waals surface area (Å²) in [5.74, 6) is 0.893. The van der Waals surface area contributed by atoms with E-state index in [1.807, 2.05) is 0 Å². The van der Waals surface area contributed by atoms with Crippen LogP contribution in [0.4, 0.5) is 0 Å². The second-order valence-electron chi connectivity index (χ2n) is 5.87. The van der Waals surface area contributed by atoms with Crippen molar-refractivity contribution in [3.63, 3.8) is 0 Å². The van der Waals surface area contributed by atoms with E-state index >= 15 is 0 Å². The lowest BCUT2D eigenvalue weighted by Crippen LogP contribution is -2.36. The Balaban J connectivity index is 1.69. The molecule has 1 saturated carbocycles. The van der Waals surface area contributed by atoms with E-state index in [-0.39, 0.29) is 0 Å². The van der Waals surface area contributed by atoms with Gasteiger partial charge < -0.3 is 5.32 Å². The summed E-state index contributed by atoms with van der Waals surface area (Å²) < 4.78 is 0.960. The zero-order valence-electron chi connectivity index (χ0n) is 11.0. The van der Waals surface area contributed by atoms with Crippen LogP contribution in [0.15, 0.2) is 6.07 Å². The van der Waals surface area contributed by atoms with Gasteiger partial charge in [0.2, 0.25) is 0 Å². The molecule has 1 aromatic rings. The Kier molecular flexibility index (Phi) is 3.97. The molecule has 2 atom stereocenters. The smallest absolute Gasteiger partial charge is 0.0934 e. The third-order valence-electron chi connectivity index (χ3n) is 4.65. The normalized spacial score (nSPS) is 26.2. The number of hydrogen-bond acceptors (Lipinski definition) is 2. The molecule has 3 heteroatoms. The first kappa shape index (κ1) is 13.0. The fraction of sp³-hybridized carbons (Fsp3) is 0.733. The van der Waals surface area contributed by atoms with Crippen LogP contribution in [0.3, 0.4) is 0 Å². The standard InChI is InChI=1S/C15H22ClNS/c1-10(11-5-2-3-6-11)17-13-7-4-8-14-12(13)9-15(16)18-14/h9-11,13,17H,2-8H2,1H3. The Labute approximate surface area is 119 Å². The second kappa shape index (κ2) is 5.52. The highest BCUT2D eigenvalue weighted by Crippen LogP contribution is 2.39. The van der Waals surface area contributed by atoms with Crippen LogP contribution in [0, 0.1) is 5.92 Å². The predicted molar refractivity (Wildman–Crippen MR) is 79.6 cm³/mol. The molecule has 1 aromatic heterocycles. The van der Waals surface area contributed by atoms with Crippen molar-refractivity contribution in [2.45, 2.75) is 64.0 Å². The maximum Gasteiger partial charge on any atom is 0.0934 e. The van der Waals surface area contributed by atoms with E-state index in [2.05, 4.69) is 18.3 Å². The van der Waals surface area contributed by atoms with Gasteiger partial charge in [-0.2, -0.15) is 0 Å². The van der Waals surface area contributed by atoms with Gasteiger partial charge in [0.05, 0.1) is 4.34 Å². The van der Waals surface area contributed by atoms with Crippen LogP contribution in [0.1, 0.15) is 61.9 Å². The van der Waals surface area contributed by atoms with Crippen LogP contribution in [0.25, 0.3) is 0 Å². The summed E-state index contributed by atoms with van der Waals surface area (Å²) >= 11 is 7.95. The van der Waals surface area contributed by atoms with E-state index in [1.165, 1.54) is 55.4 Å². The molecule has 2 aliphatic carbocycles. The van der Waals surface area contributed by atoms with Gasteiger partial charge in [0.15, 0.2) is 0 Å². The van der Waals surface area contributed by atoms with Crippen LogP contribution >= 0.6 is 22.9 Å². The lowest BCUT2D eigenvalue weighted by atomic mass is 9.91. The molecule has 2 unspecified atom stereocenters. The topological polar surface area (TPSA) is 12.0 Å². The van der Waals surface area contributed by atoms with Gasteiger partial charge in [-0.15, -0.1) is 11.3 Å². The molecule has 1 N–H and O–H groups in total. The van der Waals surface area contributed by atoms with E-state index in [4.69, 9.17) is 11.6 Å². The lowest BCUT2D eigenvalue weighted by Gasteiger charge is -2.30. The van der Waals surface area contributed by atoms with E-state index in [0.29, 0.717) is 12.1 Å². The van der Waals surface area contributed by atoms with E-state index in [9.17, 15) is 0 Å². The van der Waals surface area contributed by atoms with E-state index < -0.39 is 0 Å². The average molecular weight is 284 g/mol. The van der Waals surface area contributed by atoms with E-state index in [0.717, 1.165) is 10.3 Å². The molecule has 0 saturated heterocycles. The number of fused-ring (bicyclic) bond motifs is 1.